The van der Waals surface area contributed by atoms with Crippen LogP contribution in [0.2, 0.25) is 0 Å². The molecule has 0 aliphatic carbocycles. The topological polar surface area (TPSA) is 69.3 Å². The summed E-state index contributed by atoms with van der Waals surface area (Å²) in [6.45, 7) is 4.20. The normalized spacial score (nSPS) is 12.3. The summed E-state index contributed by atoms with van der Waals surface area (Å²) in [4.78, 5) is 4.59. The van der Waals surface area contributed by atoms with Gasteiger partial charge in [0.2, 0.25) is 0 Å². The molecule has 3 aromatic heterocycles. The van der Waals surface area contributed by atoms with Crippen LogP contribution < -0.4 is 10.1 Å². The van der Waals surface area contributed by atoms with Gasteiger partial charge in [0.05, 0.1) is 31.2 Å². The molecule has 0 aliphatic rings. The van der Waals surface area contributed by atoms with Gasteiger partial charge in [0.25, 0.3) is 0 Å². The molecule has 0 radical (unpaired) electrons. The molecule has 27 heavy (non-hydrogen) atoms. The smallest absolute Gasteiger partial charge is 0.157 e. The van der Waals surface area contributed by atoms with Gasteiger partial charge >= 0.3 is 0 Å². The predicted molar refractivity (Wildman–Crippen MR) is 105 cm³/mol. The minimum Gasteiger partial charge on any atom is -0.497 e. The third kappa shape index (κ3) is 3.36. The number of hydrogen-bond donors (Lipinski definition) is 1. The highest BCUT2D eigenvalue weighted by Crippen LogP contribution is 2.22. The third-order valence-corrected chi connectivity index (χ3v) is 4.56. The molecule has 3 heterocycles. The lowest BCUT2D eigenvalue weighted by molar-refractivity contribution is 0.414. The first-order chi connectivity index (χ1) is 13.2. The van der Waals surface area contributed by atoms with Gasteiger partial charge in [-0.2, -0.15) is 14.7 Å². The fourth-order valence-corrected chi connectivity index (χ4v) is 3.01. The van der Waals surface area contributed by atoms with Crippen LogP contribution in [0.4, 0.5) is 5.82 Å². The summed E-state index contributed by atoms with van der Waals surface area (Å²) in [6, 6.07) is 11.8. The number of aromatic nitrogens is 5. The van der Waals surface area contributed by atoms with E-state index in [9.17, 15) is 0 Å². The van der Waals surface area contributed by atoms with Crippen molar-refractivity contribution in [1.29, 1.82) is 0 Å². The monoisotopic (exact) mass is 362 g/mol. The van der Waals surface area contributed by atoms with Crippen LogP contribution in [-0.2, 0) is 6.42 Å². The molecule has 4 rings (SSSR count). The average Bonchev–Trinajstić information content (AvgIpc) is 3.37. The first kappa shape index (κ1) is 17.1. The minimum atomic E-state index is 0.0591. The highest BCUT2D eigenvalue weighted by Gasteiger charge is 2.13. The van der Waals surface area contributed by atoms with Gasteiger partial charge in [0, 0.05) is 35.7 Å². The largest absolute Gasteiger partial charge is 0.497 e. The maximum absolute atomic E-state index is 5.30. The van der Waals surface area contributed by atoms with Gasteiger partial charge in [-0.3, -0.25) is 0 Å². The van der Waals surface area contributed by atoms with Gasteiger partial charge in [-0.15, -0.1) is 0 Å². The lowest BCUT2D eigenvalue weighted by atomic mass is 10.2. The maximum Gasteiger partial charge on any atom is 0.157 e. The van der Waals surface area contributed by atoms with Crippen molar-refractivity contribution in [3.05, 3.63) is 66.2 Å². The molecule has 0 spiro atoms. The number of nitrogens with zero attached hydrogens (tertiary/aromatic N) is 5. The van der Waals surface area contributed by atoms with E-state index in [4.69, 9.17) is 4.74 Å². The van der Waals surface area contributed by atoms with E-state index in [2.05, 4.69) is 34.3 Å². The van der Waals surface area contributed by atoms with Crippen molar-refractivity contribution in [3.63, 3.8) is 0 Å². The summed E-state index contributed by atoms with van der Waals surface area (Å²) in [7, 11) is 1.66. The van der Waals surface area contributed by atoms with Gasteiger partial charge < -0.3 is 10.1 Å². The second kappa shape index (κ2) is 7.11. The van der Waals surface area contributed by atoms with Gasteiger partial charge in [0.1, 0.15) is 11.6 Å². The van der Waals surface area contributed by atoms with Crippen LogP contribution >= 0.6 is 0 Å². The van der Waals surface area contributed by atoms with E-state index in [1.54, 1.807) is 13.3 Å². The third-order valence-electron chi connectivity index (χ3n) is 4.56. The minimum absolute atomic E-state index is 0.0591. The zero-order chi connectivity index (χ0) is 18.8. The Bertz CT molecular complexity index is 1070. The molecular weight excluding hydrogens is 340 g/mol. The Balaban J connectivity index is 1.60. The lowest BCUT2D eigenvalue weighted by Gasteiger charge is -2.15. The van der Waals surface area contributed by atoms with Gasteiger partial charge in [-0.25, -0.2) is 9.67 Å². The predicted octanol–water partition coefficient (Wildman–Crippen LogP) is 3.66. The lowest BCUT2D eigenvalue weighted by Crippen LogP contribution is -2.11. The molecule has 0 saturated heterocycles. The maximum atomic E-state index is 5.30. The highest BCUT2D eigenvalue weighted by atomic mass is 16.5. The average molecular weight is 362 g/mol. The Morgan fingerprint density at radius 3 is 2.89 bits per heavy atom. The molecule has 0 bridgehead atoms. The molecule has 4 aromatic rings. The van der Waals surface area contributed by atoms with Gasteiger partial charge in [0.15, 0.2) is 5.65 Å². The molecule has 7 nitrogen and oxygen atoms in total. The molecule has 0 aliphatic heterocycles. The molecule has 138 valence electrons. The Hall–Kier alpha value is -3.35. The Morgan fingerprint density at radius 1 is 1.19 bits per heavy atom. The van der Waals surface area contributed by atoms with E-state index in [1.807, 2.05) is 58.0 Å². The fourth-order valence-electron chi connectivity index (χ4n) is 3.01. The summed E-state index contributed by atoms with van der Waals surface area (Å²) in [5.41, 5.74) is 3.91. The summed E-state index contributed by atoms with van der Waals surface area (Å²) in [6.07, 6.45) is 6.53. The molecule has 1 N–H and O–H groups in total. The summed E-state index contributed by atoms with van der Waals surface area (Å²) in [5, 5.41) is 12.4. The number of methoxy groups -OCH3 is 1. The van der Waals surface area contributed by atoms with Crippen LogP contribution in [0.5, 0.6) is 5.75 Å². The van der Waals surface area contributed by atoms with Crippen LogP contribution in [0.3, 0.4) is 0 Å². The first-order valence-electron chi connectivity index (χ1n) is 8.97. The Kier molecular flexibility index (Phi) is 4.50. The molecule has 1 atom stereocenters. The zero-order valence-electron chi connectivity index (χ0n) is 15.6. The van der Waals surface area contributed by atoms with E-state index >= 15 is 0 Å². The van der Waals surface area contributed by atoms with Crippen LogP contribution in [0.15, 0.2) is 55.0 Å². The number of benzene rings is 1. The zero-order valence-corrected chi connectivity index (χ0v) is 15.6. The molecule has 0 amide bonds. The second-order valence-corrected chi connectivity index (χ2v) is 6.37. The van der Waals surface area contributed by atoms with E-state index in [1.165, 1.54) is 0 Å². The fraction of sp³-hybridized carbons (Fsp3) is 0.250. The molecule has 7 heteroatoms. The van der Waals surface area contributed by atoms with Crippen molar-refractivity contribution < 1.29 is 4.74 Å². The highest BCUT2D eigenvalue weighted by molar-refractivity contribution is 5.50. The van der Waals surface area contributed by atoms with Gasteiger partial charge in [-0.1, -0.05) is 13.0 Å². The number of fused-ring (bicyclic) bond motifs is 1. The standard InChI is InChI=1S/C20H22N6O/c1-4-16-10-20(26-19(24-16)8-9-21-26)23-14(2)15-12-22-25(13-15)17-6-5-7-18(11-17)27-3/h5-14,23H,4H2,1-3H3/t14-/m1/s1. The molecular formula is C20H22N6O. The van der Waals surface area contributed by atoms with Crippen molar-refractivity contribution in [1.82, 2.24) is 24.4 Å². The van der Waals surface area contributed by atoms with Crippen molar-refractivity contribution in [2.24, 2.45) is 0 Å². The van der Waals surface area contributed by atoms with Crippen molar-refractivity contribution in [2.45, 2.75) is 26.3 Å². The van der Waals surface area contributed by atoms with E-state index in [0.717, 1.165) is 40.6 Å². The van der Waals surface area contributed by atoms with Crippen LogP contribution in [0.25, 0.3) is 11.3 Å². The molecule has 1 aromatic carbocycles. The number of nitrogens with one attached hydrogen (secondary N) is 1. The number of hydrogen-bond acceptors (Lipinski definition) is 5. The van der Waals surface area contributed by atoms with Crippen LogP contribution in [-0.4, -0.2) is 31.5 Å². The quantitative estimate of drug-likeness (QED) is 0.567. The Labute approximate surface area is 157 Å². The second-order valence-electron chi connectivity index (χ2n) is 6.37. The molecule has 0 unspecified atom stereocenters. The van der Waals surface area contributed by atoms with Crippen molar-refractivity contribution in [3.8, 4) is 11.4 Å². The Morgan fingerprint density at radius 2 is 2.07 bits per heavy atom. The summed E-state index contributed by atoms with van der Waals surface area (Å²) < 4.78 is 8.97. The number of aryl methyl sites for hydroxylation is 1. The van der Waals surface area contributed by atoms with Crippen LogP contribution in [0.1, 0.15) is 31.1 Å². The van der Waals surface area contributed by atoms with E-state index < -0.39 is 0 Å². The number of ether oxygens (including phenoxy) is 1. The van der Waals surface area contributed by atoms with Gasteiger partial charge in [-0.05, 0) is 25.5 Å². The number of anilines is 1. The van der Waals surface area contributed by atoms with Crippen molar-refractivity contribution >= 4 is 11.5 Å². The summed E-state index contributed by atoms with van der Waals surface area (Å²) >= 11 is 0. The summed E-state index contributed by atoms with van der Waals surface area (Å²) in [5.74, 6) is 1.73. The first-order valence-corrected chi connectivity index (χ1v) is 8.97. The van der Waals surface area contributed by atoms with E-state index in [0.29, 0.717) is 0 Å². The number of rotatable bonds is 6. The van der Waals surface area contributed by atoms with Crippen LogP contribution in [0, 0.1) is 0 Å². The van der Waals surface area contributed by atoms with E-state index in [-0.39, 0.29) is 6.04 Å². The SMILES string of the molecule is CCc1cc(N[C@H](C)c2cnn(-c3cccc(OC)c3)c2)n2nccc2n1. The van der Waals surface area contributed by atoms with Crippen molar-refractivity contribution in [2.75, 3.05) is 12.4 Å². The molecule has 0 saturated carbocycles. The molecule has 0 fully saturated rings.